The van der Waals surface area contributed by atoms with Crippen molar-refractivity contribution in [3.05, 3.63) is 29.3 Å². The number of aryl methyl sites for hydroxylation is 1. The predicted octanol–water partition coefficient (Wildman–Crippen LogP) is 5.78. The zero-order chi connectivity index (χ0) is 18.0. The Morgan fingerprint density at radius 2 is 1.80 bits per heavy atom. The summed E-state index contributed by atoms with van der Waals surface area (Å²) in [6, 6.07) is 6.19. The van der Waals surface area contributed by atoms with E-state index >= 15 is 0 Å². The molecule has 0 aromatic heterocycles. The average Bonchev–Trinajstić information content (AvgIpc) is 2.45. The Bertz CT molecular complexity index is 701. The number of carbonyl (C=O) groups excluding carboxylic acids is 1. The van der Waals surface area contributed by atoms with E-state index in [-0.39, 0.29) is 21.7 Å². The molecule has 4 aliphatic rings. The molecule has 2 nitrogen and oxygen atoms in total. The van der Waals surface area contributed by atoms with Gasteiger partial charge in [-0.15, -0.1) is 11.6 Å². The zero-order valence-corrected chi connectivity index (χ0v) is 16.6. The molecule has 0 radical (unpaired) electrons. The maximum Gasteiger partial charge on any atom is 0.317 e. The number of esters is 1. The number of benzene rings is 1. The molecule has 0 aliphatic heterocycles. The molecule has 136 valence electrons. The van der Waals surface area contributed by atoms with E-state index in [1.807, 2.05) is 13.0 Å². The number of ether oxygens (including phenoxy) is 1. The van der Waals surface area contributed by atoms with E-state index in [4.69, 9.17) is 16.3 Å². The van der Waals surface area contributed by atoms with Gasteiger partial charge in [-0.2, -0.15) is 0 Å². The Hall–Kier alpha value is -1.02. The number of halogens is 1. The lowest BCUT2D eigenvalue weighted by Crippen LogP contribution is -2.56. The maximum atomic E-state index is 13.2. The van der Waals surface area contributed by atoms with Gasteiger partial charge in [-0.3, -0.25) is 4.79 Å². The lowest BCUT2D eigenvalue weighted by atomic mass is 9.49. The molecule has 0 N–H and O–H groups in total. The van der Waals surface area contributed by atoms with Crippen LogP contribution in [0.2, 0.25) is 0 Å². The van der Waals surface area contributed by atoms with Gasteiger partial charge in [-0.05, 0) is 79.9 Å². The van der Waals surface area contributed by atoms with Crippen LogP contribution in [0.15, 0.2) is 18.2 Å². The van der Waals surface area contributed by atoms with Crippen LogP contribution in [-0.2, 0) is 10.2 Å². The van der Waals surface area contributed by atoms with Crippen LogP contribution >= 0.6 is 11.6 Å². The quantitative estimate of drug-likeness (QED) is 0.380. The first kappa shape index (κ1) is 17.4. The highest BCUT2D eigenvalue weighted by Gasteiger charge is 2.60. The minimum Gasteiger partial charge on any atom is -0.426 e. The molecular weight excluding hydrogens is 332 g/mol. The van der Waals surface area contributed by atoms with Gasteiger partial charge in [0.05, 0.1) is 5.41 Å². The van der Waals surface area contributed by atoms with Crippen molar-refractivity contribution in [1.29, 1.82) is 0 Å². The third kappa shape index (κ3) is 3.01. The van der Waals surface area contributed by atoms with Crippen LogP contribution in [0.1, 0.15) is 70.4 Å². The molecule has 2 unspecified atom stereocenters. The first-order valence-electron chi connectivity index (χ1n) is 9.61. The molecule has 4 bridgehead atoms. The van der Waals surface area contributed by atoms with E-state index in [0.717, 1.165) is 37.7 Å². The van der Waals surface area contributed by atoms with Crippen molar-refractivity contribution in [1.82, 2.24) is 0 Å². The van der Waals surface area contributed by atoms with Crippen molar-refractivity contribution in [2.24, 2.45) is 17.3 Å². The van der Waals surface area contributed by atoms with Crippen molar-refractivity contribution >= 4 is 17.6 Å². The van der Waals surface area contributed by atoms with E-state index in [9.17, 15) is 4.79 Å². The summed E-state index contributed by atoms with van der Waals surface area (Å²) in [6.07, 6.45) is 6.15. The largest absolute Gasteiger partial charge is 0.426 e. The summed E-state index contributed by atoms with van der Waals surface area (Å²) in [5.41, 5.74) is 2.05. The molecule has 1 aromatic carbocycles. The molecule has 1 aromatic rings. The minimum absolute atomic E-state index is 0.0433. The second-order valence-electron chi connectivity index (χ2n) is 10.0. The smallest absolute Gasteiger partial charge is 0.317 e. The SMILES string of the molecule is Cc1cc(C(C)(C)C)ccc1OC(=O)C12C[C@@H]3C[C@@H](CC(Cl)(C3)C1)C2. The maximum absolute atomic E-state index is 13.2. The normalized spacial score (nSPS) is 36.5. The average molecular weight is 361 g/mol. The molecule has 4 fully saturated rings. The van der Waals surface area contributed by atoms with Gasteiger partial charge in [-0.1, -0.05) is 32.9 Å². The topological polar surface area (TPSA) is 26.3 Å². The molecular formula is C22H29ClO2. The molecule has 0 amide bonds. The standard InChI is InChI=1S/C22H29ClO2/c1-14-7-17(20(2,3)4)5-6-18(14)25-19(24)21-9-15-8-16(10-21)12-22(23,11-15)13-21/h5-7,15-16H,8-13H2,1-4H3/t15-,16+,21?,22?. The number of alkyl halides is 1. The zero-order valence-electron chi connectivity index (χ0n) is 15.8. The van der Waals surface area contributed by atoms with Gasteiger partial charge in [-0.25, -0.2) is 0 Å². The van der Waals surface area contributed by atoms with Gasteiger partial charge in [0.15, 0.2) is 0 Å². The van der Waals surface area contributed by atoms with Crippen LogP contribution in [0.25, 0.3) is 0 Å². The first-order chi connectivity index (χ1) is 11.6. The summed E-state index contributed by atoms with van der Waals surface area (Å²) in [5, 5.41) is 0. The Morgan fingerprint density at radius 1 is 1.16 bits per heavy atom. The van der Waals surface area contributed by atoms with Crippen LogP contribution < -0.4 is 4.74 Å². The number of hydrogen-bond donors (Lipinski definition) is 0. The van der Waals surface area contributed by atoms with Crippen LogP contribution in [0.3, 0.4) is 0 Å². The molecule has 5 rings (SSSR count). The second-order valence-corrected chi connectivity index (χ2v) is 10.8. The van der Waals surface area contributed by atoms with Crippen LogP contribution in [-0.4, -0.2) is 10.8 Å². The fourth-order valence-electron chi connectivity index (χ4n) is 5.83. The van der Waals surface area contributed by atoms with Gasteiger partial charge >= 0.3 is 5.97 Å². The van der Waals surface area contributed by atoms with Crippen LogP contribution in [0, 0.1) is 24.2 Å². The van der Waals surface area contributed by atoms with E-state index in [0.29, 0.717) is 17.6 Å². The highest BCUT2D eigenvalue weighted by molar-refractivity contribution is 6.24. The first-order valence-corrected chi connectivity index (χ1v) is 9.99. The van der Waals surface area contributed by atoms with Crippen molar-refractivity contribution in [3.8, 4) is 5.75 Å². The number of hydrogen-bond acceptors (Lipinski definition) is 2. The fraction of sp³-hybridized carbons (Fsp3) is 0.682. The molecule has 25 heavy (non-hydrogen) atoms. The molecule has 4 atom stereocenters. The van der Waals surface area contributed by atoms with Gasteiger partial charge in [0.25, 0.3) is 0 Å². The highest BCUT2D eigenvalue weighted by Crippen LogP contribution is 2.64. The summed E-state index contributed by atoms with van der Waals surface area (Å²) in [5.74, 6) is 1.88. The molecule has 0 spiro atoms. The summed E-state index contributed by atoms with van der Waals surface area (Å²) in [6.45, 7) is 8.62. The fourth-order valence-corrected chi connectivity index (χ4v) is 6.52. The third-order valence-electron chi connectivity index (χ3n) is 6.67. The van der Waals surface area contributed by atoms with Crippen molar-refractivity contribution in [3.63, 3.8) is 0 Å². The van der Waals surface area contributed by atoms with Gasteiger partial charge in [0.2, 0.25) is 0 Å². The molecule has 0 saturated heterocycles. The Labute approximate surface area is 156 Å². The van der Waals surface area contributed by atoms with E-state index < -0.39 is 0 Å². The Kier molecular flexibility index (Phi) is 3.82. The Morgan fingerprint density at radius 3 is 2.32 bits per heavy atom. The molecule has 0 heterocycles. The second kappa shape index (κ2) is 5.49. The minimum atomic E-state index is -0.346. The lowest BCUT2D eigenvalue weighted by Gasteiger charge is -2.58. The molecule has 4 aliphatic carbocycles. The molecule has 4 saturated carbocycles. The van der Waals surface area contributed by atoms with Crippen LogP contribution in [0.5, 0.6) is 5.75 Å². The van der Waals surface area contributed by atoms with Gasteiger partial charge < -0.3 is 4.74 Å². The number of carbonyl (C=O) groups is 1. The summed E-state index contributed by atoms with van der Waals surface area (Å²) < 4.78 is 5.95. The third-order valence-corrected chi connectivity index (χ3v) is 7.11. The van der Waals surface area contributed by atoms with E-state index in [1.54, 1.807) is 0 Å². The predicted molar refractivity (Wildman–Crippen MR) is 101 cm³/mol. The van der Waals surface area contributed by atoms with E-state index in [1.165, 1.54) is 12.0 Å². The van der Waals surface area contributed by atoms with Crippen molar-refractivity contribution < 1.29 is 9.53 Å². The van der Waals surface area contributed by atoms with Crippen molar-refractivity contribution in [2.45, 2.75) is 76.5 Å². The number of rotatable bonds is 2. The van der Waals surface area contributed by atoms with Crippen LogP contribution in [0.4, 0.5) is 0 Å². The Balaban J connectivity index is 1.57. The van der Waals surface area contributed by atoms with Gasteiger partial charge in [0, 0.05) is 4.87 Å². The lowest BCUT2D eigenvalue weighted by molar-refractivity contribution is -0.160. The summed E-state index contributed by atoms with van der Waals surface area (Å²) in [4.78, 5) is 13.0. The van der Waals surface area contributed by atoms with E-state index in [2.05, 4.69) is 32.9 Å². The summed E-state index contributed by atoms with van der Waals surface area (Å²) in [7, 11) is 0. The monoisotopic (exact) mass is 360 g/mol. The van der Waals surface area contributed by atoms with Crippen molar-refractivity contribution in [2.75, 3.05) is 0 Å². The van der Waals surface area contributed by atoms with Gasteiger partial charge in [0.1, 0.15) is 5.75 Å². The summed E-state index contributed by atoms with van der Waals surface area (Å²) >= 11 is 6.86. The highest BCUT2D eigenvalue weighted by atomic mass is 35.5. The molecule has 3 heteroatoms.